The van der Waals surface area contributed by atoms with Gasteiger partial charge in [0, 0.05) is 5.69 Å². The maximum Gasteiger partial charge on any atom is 0.420 e. The molecule has 6 heteroatoms. The van der Waals surface area contributed by atoms with Crippen LogP contribution in [0.25, 0.3) is 0 Å². The smallest absolute Gasteiger partial charge is 0.420 e. The van der Waals surface area contributed by atoms with Gasteiger partial charge in [0.15, 0.2) is 0 Å². The second-order valence-corrected chi connectivity index (χ2v) is 7.98. The van der Waals surface area contributed by atoms with E-state index in [1.165, 1.54) is 12.1 Å². The van der Waals surface area contributed by atoms with Crippen molar-refractivity contribution in [1.29, 1.82) is 0 Å². The summed E-state index contributed by atoms with van der Waals surface area (Å²) in [6.45, 7) is 5.31. The van der Waals surface area contributed by atoms with Gasteiger partial charge >= 0.3 is 6.18 Å². The predicted octanol–water partition coefficient (Wildman–Crippen LogP) is 6.25. The predicted molar refractivity (Wildman–Crippen MR) is 107 cm³/mol. The van der Waals surface area contributed by atoms with Crippen LogP contribution in [0, 0.1) is 6.92 Å². The molecule has 0 saturated heterocycles. The molecule has 3 nitrogen and oxygen atoms in total. The van der Waals surface area contributed by atoms with Crippen molar-refractivity contribution >= 4 is 11.6 Å². The van der Waals surface area contributed by atoms with E-state index in [-0.39, 0.29) is 23.4 Å². The van der Waals surface area contributed by atoms with Crippen molar-refractivity contribution in [2.75, 3.05) is 5.32 Å². The SMILES string of the molecule is Cc1ccc(C2(C(=O)Nc3ccc(OC(C)C)c(C(F)(F)F)c3)CCCC2)cc1. The van der Waals surface area contributed by atoms with E-state index in [9.17, 15) is 18.0 Å². The van der Waals surface area contributed by atoms with Gasteiger partial charge in [-0.15, -0.1) is 0 Å². The maximum atomic E-state index is 13.5. The van der Waals surface area contributed by atoms with Gasteiger partial charge in [0.05, 0.1) is 17.1 Å². The van der Waals surface area contributed by atoms with E-state index in [0.29, 0.717) is 12.8 Å². The van der Waals surface area contributed by atoms with Crippen LogP contribution in [0.15, 0.2) is 42.5 Å². The number of ether oxygens (including phenoxy) is 1. The Morgan fingerprint density at radius 2 is 1.69 bits per heavy atom. The number of carbonyl (C=O) groups excluding carboxylic acids is 1. The topological polar surface area (TPSA) is 38.3 Å². The fourth-order valence-corrected chi connectivity index (χ4v) is 3.93. The van der Waals surface area contributed by atoms with Gasteiger partial charge < -0.3 is 10.1 Å². The van der Waals surface area contributed by atoms with Crippen LogP contribution in [-0.2, 0) is 16.4 Å². The minimum Gasteiger partial charge on any atom is -0.490 e. The van der Waals surface area contributed by atoms with Crippen molar-refractivity contribution in [3.63, 3.8) is 0 Å². The fraction of sp³-hybridized carbons (Fsp3) is 0.435. The standard InChI is InChI=1S/C23H26F3NO2/c1-15(2)29-20-11-10-18(14-19(20)23(24,25)26)27-21(28)22(12-4-5-13-22)17-8-6-16(3)7-9-17/h6-11,14-15H,4-5,12-13H2,1-3H3,(H,27,28). The van der Waals surface area contributed by atoms with Crippen LogP contribution in [0.1, 0.15) is 56.2 Å². The summed E-state index contributed by atoms with van der Waals surface area (Å²) in [5, 5.41) is 2.74. The number of nitrogens with one attached hydrogen (secondary N) is 1. The highest BCUT2D eigenvalue weighted by Crippen LogP contribution is 2.43. The lowest BCUT2D eigenvalue weighted by atomic mass is 9.77. The minimum absolute atomic E-state index is 0.122. The van der Waals surface area contributed by atoms with Gasteiger partial charge in [-0.2, -0.15) is 13.2 Å². The van der Waals surface area contributed by atoms with Crippen LogP contribution in [0.4, 0.5) is 18.9 Å². The first-order valence-corrected chi connectivity index (χ1v) is 9.88. The third-order valence-corrected chi connectivity index (χ3v) is 5.40. The molecule has 3 rings (SSSR count). The molecule has 0 spiro atoms. The Bertz CT molecular complexity index is 867. The number of aryl methyl sites for hydroxylation is 1. The molecule has 1 saturated carbocycles. The molecule has 2 aromatic rings. The van der Waals surface area contributed by atoms with E-state index in [4.69, 9.17) is 4.74 Å². The Balaban J connectivity index is 1.91. The summed E-state index contributed by atoms with van der Waals surface area (Å²) in [5.41, 5.74) is 0.530. The highest BCUT2D eigenvalue weighted by molar-refractivity contribution is 5.99. The number of benzene rings is 2. The molecule has 29 heavy (non-hydrogen) atoms. The van der Waals surface area contributed by atoms with Crippen molar-refractivity contribution in [3.8, 4) is 5.75 Å². The first-order chi connectivity index (χ1) is 13.6. The summed E-state index contributed by atoms with van der Waals surface area (Å²) in [6, 6.07) is 11.5. The number of hydrogen-bond donors (Lipinski definition) is 1. The largest absolute Gasteiger partial charge is 0.490 e. The van der Waals surface area contributed by atoms with Gasteiger partial charge in [0.25, 0.3) is 0 Å². The quantitative estimate of drug-likeness (QED) is 0.638. The molecule has 1 amide bonds. The van der Waals surface area contributed by atoms with Crippen molar-refractivity contribution in [2.45, 2.75) is 64.1 Å². The van der Waals surface area contributed by atoms with Crippen molar-refractivity contribution < 1.29 is 22.7 Å². The summed E-state index contributed by atoms with van der Waals surface area (Å²) in [5.74, 6) is -0.496. The zero-order valence-corrected chi connectivity index (χ0v) is 16.9. The molecule has 0 aliphatic heterocycles. The van der Waals surface area contributed by atoms with Gasteiger partial charge in [-0.05, 0) is 57.4 Å². The molecule has 1 aliphatic rings. The number of alkyl halides is 3. The summed E-state index contributed by atoms with van der Waals surface area (Å²) in [6.07, 6.45) is -1.77. The number of anilines is 1. The lowest BCUT2D eigenvalue weighted by Crippen LogP contribution is -2.38. The average Bonchev–Trinajstić information content (AvgIpc) is 3.13. The van der Waals surface area contributed by atoms with Crippen molar-refractivity contribution in [2.24, 2.45) is 0 Å². The Hall–Kier alpha value is -2.50. The van der Waals surface area contributed by atoms with Gasteiger partial charge in [-0.25, -0.2) is 0 Å². The van der Waals surface area contributed by atoms with E-state index in [0.717, 1.165) is 30.0 Å². The third-order valence-electron chi connectivity index (χ3n) is 5.40. The number of hydrogen-bond acceptors (Lipinski definition) is 2. The van der Waals surface area contributed by atoms with Gasteiger partial charge in [-0.3, -0.25) is 4.79 Å². The molecule has 0 radical (unpaired) electrons. The Morgan fingerprint density at radius 1 is 1.07 bits per heavy atom. The number of halogens is 3. The molecule has 0 unspecified atom stereocenters. The van der Waals surface area contributed by atoms with Crippen LogP contribution >= 0.6 is 0 Å². The molecule has 1 fully saturated rings. The highest BCUT2D eigenvalue weighted by Gasteiger charge is 2.43. The summed E-state index contributed by atoms with van der Waals surface area (Å²) in [7, 11) is 0. The van der Waals surface area contributed by atoms with Gasteiger partial charge in [-0.1, -0.05) is 42.7 Å². The lowest BCUT2D eigenvalue weighted by Gasteiger charge is -2.29. The third kappa shape index (κ3) is 4.57. The first-order valence-electron chi connectivity index (χ1n) is 9.88. The lowest BCUT2D eigenvalue weighted by molar-refractivity contribution is -0.139. The molecule has 0 bridgehead atoms. The molecular weight excluding hydrogens is 379 g/mol. The van der Waals surface area contributed by atoms with E-state index < -0.39 is 17.2 Å². The Kier molecular flexibility index (Phi) is 5.92. The minimum atomic E-state index is -4.58. The second kappa shape index (κ2) is 8.09. The summed E-state index contributed by atoms with van der Waals surface area (Å²) in [4.78, 5) is 13.2. The van der Waals surface area contributed by atoms with Crippen LogP contribution < -0.4 is 10.1 Å². The van der Waals surface area contributed by atoms with Gasteiger partial charge in [0.1, 0.15) is 5.75 Å². The van der Waals surface area contributed by atoms with E-state index in [2.05, 4.69) is 5.32 Å². The molecule has 1 N–H and O–H groups in total. The first kappa shape index (κ1) is 21.2. The second-order valence-electron chi connectivity index (χ2n) is 7.98. The number of rotatable bonds is 5. The van der Waals surface area contributed by atoms with E-state index in [1.54, 1.807) is 13.8 Å². The zero-order valence-electron chi connectivity index (χ0n) is 16.9. The van der Waals surface area contributed by atoms with Crippen molar-refractivity contribution in [3.05, 3.63) is 59.2 Å². The Labute approximate surface area is 169 Å². The fourth-order valence-electron chi connectivity index (χ4n) is 3.93. The number of amides is 1. The molecule has 0 atom stereocenters. The Morgan fingerprint density at radius 3 is 2.24 bits per heavy atom. The van der Waals surface area contributed by atoms with E-state index >= 15 is 0 Å². The normalized spacial score (nSPS) is 16.1. The van der Waals surface area contributed by atoms with Crippen LogP contribution in [0.5, 0.6) is 5.75 Å². The summed E-state index contributed by atoms with van der Waals surface area (Å²) < 4.78 is 45.8. The van der Waals surface area contributed by atoms with Gasteiger partial charge in [0.2, 0.25) is 5.91 Å². The molecule has 156 valence electrons. The van der Waals surface area contributed by atoms with Crippen molar-refractivity contribution in [1.82, 2.24) is 0 Å². The molecule has 0 heterocycles. The van der Waals surface area contributed by atoms with Crippen LogP contribution in [0.3, 0.4) is 0 Å². The average molecular weight is 405 g/mol. The van der Waals surface area contributed by atoms with Crippen LogP contribution in [-0.4, -0.2) is 12.0 Å². The number of carbonyl (C=O) groups is 1. The molecule has 0 aromatic heterocycles. The molecule has 2 aromatic carbocycles. The molecule has 1 aliphatic carbocycles. The highest BCUT2D eigenvalue weighted by atomic mass is 19.4. The van der Waals surface area contributed by atoms with E-state index in [1.807, 2.05) is 31.2 Å². The van der Waals surface area contributed by atoms with Crippen LogP contribution in [0.2, 0.25) is 0 Å². The zero-order chi connectivity index (χ0) is 21.2. The summed E-state index contributed by atoms with van der Waals surface area (Å²) >= 11 is 0. The monoisotopic (exact) mass is 405 g/mol. The maximum absolute atomic E-state index is 13.5. The molecular formula is C23H26F3NO2.